The molecule has 1 aliphatic heterocycles. The van der Waals surface area contributed by atoms with E-state index in [0.717, 1.165) is 22.4 Å². The van der Waals surface area contributed by atoms with Crippen molar-refractivity contribution in [2.75, 3.05) is 7.11 Å². The lowest BCUT2D eigenvalue weighted by Crippen LogP contribution is -2.30. The predicted octanol–water partition coefficient (Wildman–Crippen LogP) is 4.17. The van der Waals surface area contributed by atoms with Gasteiger partial charge in [-0.15, -0.1) is 5.10 Å². The Labute approximate surface area is 164 Å². The van der Waals surface area contributed by atoms with Crippen LogP contribution in [-0.4, -0.2) is 34.5 Å². The van der Waals surface area contributed by atoms with Crippen molar-refractivity contribution in [2.45, 2.75) is 32.6 Å². The van der Waals surface area contributed by atoms with E-state index in [1.165, 1.54) is 17.3 Å². The first kappa shape index (κ1) is 19.2. The molecule has 0 spiro atoms. The van der Waals surface area contributed by atoms with Crippen molar-refractivity contribution in [3.8, 4) is 5.75 Å². The zero-order valence-electron chi connectivity index (χ0n) is 16.0. The molecule has 1 heterocycles. The van der Waals surface area contributed by atoms with Crippen LogP contribution < -0.4 is 4.74 Å². The summed E-state index contributed by atoms with van der Waals surface area (Å²) in [7, 11) is 1.63. The number of benzene rings is 2. The molecule has 3 rings (SSSR count). The third kappa shape index (κ3) is 4.57. The maximum atomic E-state index is 12.5. The number of thioether (sulfide) groups is 1. The predicted molar refractivity (Wildman–Crippen MR) is 112 cm³/mol. The Morgan fingerprint density at radius 3 is 2.59 bits per heavy atom. The average Bonchev–Trinajstić information content (AvgIpc) is 2.92. The van der Waals surface area contributed by atoms with Crippen molar-refractivity contribution in [1.29, 1.82) is 0 Å². The first-order valence-electron chi connectivity index (χ1n) is 8.77. The molecule has 0 bridgehead atoms. The SMILES string of the molecule is COc1ccc(CN2C(=O)C(C)S/C2=N\N=C\c2ccc(C)cc2C)cc1. The van der Waals surface area contributed by atoms with Crippen LogP contribution in [0.3, 0.4) is 0 Å². The Morgan fingerprint density at radius 2 is 1.93 bits per heavy atom. The highest BCUT2D eigenvalue weighted by atomic mass is 32.2. The summed E-state index contributed by atoms with van der Waals surface area (Å²) in [5.74, 6) is 0.845. The summed E-state index contributed by atoms with van der Waals surface area (Å²) >= 11 is 1.44. The number of amides is 1. The number of methoxy groups -OCH3 is 1. The molecule has 2 aromatic carbocycles. The van der Waals surface area contributed by atoms with E-state index < -0.39 is 0 Å². The highest BCUT2D eigenvalue weighted by Crippen LogP contribution is 2.28. The number of rotatable bonds is 5. The van der Waals surface area contributed by atoms with Crippen LogP contribution in [0.15, 0.2) is 52.7 Å². The van der Waals surface area contributed by atoms with Gasteiger partial charge in [0.15, 0.2) is 5.17 Å². The molecule has 1 amide bonds. The van der Waals surface area contributed by atoms with Crippen molar-refractivity contribution in [2.24, 2.45) is 10.2 Å². The first-order chi connectivity index (χ1) is 13.0. The van der Waals surface area contributed by atoms with Gasteiger partial charge in [-0.3, -0.25) is 9.69 Å². The van der Waals surface area contributed by atoms with E-state index in [0.29, 0.717) is 11.7 Å². The van der Waals surface area contributed by atoms with E-state index in [4.69, 9.17) is 4.74 Å². The van der Waals surface area contributed by atoms with Crippen molar-refractivity contribution in [1.82, 2.24) is 4.90 Å². The second-order valence-corrected chi connectivity index (χ2v) is 7.83. The normalized spacial score (nSPS) is 18.7. The Bertz CT molecular complexity index is 891. The van der Waals surface area contributed by atoms with Gasteiger partial charge in [-0.05, 0) is 49.6 Å². The molecular weight excluding hydrogens is 358 g/mol. The number of ether oxygens (including phenoxy) is 1. The third-order valence-corrected chi connectivity index (χ3v) is 5.46. The van der Waals surface area contributed by atoms with Crippen LogP contribution >= 0.6 is 11.8 Å². The molecule has 0 saturated carbocycles. The van der Waals surface area contributed by atoms with Gasteiger partial charge in [0.1, 0.15) is 5.75 Å². The van der Waals surface area contributed by atoms with Crippen molar-refractivity contribution < 1.29 is 9.53 Å². The summed E-state index contributed by atoms with van der Waals surface area (Å²) in [5, 5.41) is 9.03. The van der Waals surface area contributed by atoms with Crippen LogP contribution in [0.5, 0.6) is 5.75 Å². The average molecular weight is 382 g/mol. The Kier molecular flexibility index (Phi) is 5.96. The second-order valence-electron chi connectivity index (χ2n) is 6.52. The second kappa shape index (κ2) is 8.39. The van der Waals surface area contributed by atoms with E-state index in [1.807, 2.05) is 50.2 Å². The number of nitrogens with zero attached hydrogens (tertiary/aromatic N) is 3. The summed E-state index contributed by atoms with van der Waals surface area (Å²) in [6.45, 7) is 6.48. The molecule has 6 heteroatoms. The summed E-state index contributed by atoms with van der Waals surface area (Å²) in [5.41, 5.74) is 4.41. The molecule has 2 aromatic rings. The van der Waals surface area contributed by atoms with Crippen LogP contribution in [0.4, 0.5) is 0 Å². The molecule has 1 unspecified atom stereocenters. The lowest BCUT2D eigenvalue weighted by molar-refractivity contribution is -0.126. The van der Waals surface area contributed by atoms with Gasteiger partial charge < -0.3 is 4.74 Å². The van der Waals surface area contributed by atoms with Gasteiger partial charge in [-0.2, -0.15) is 5.10 Å². The lowest BCUT2D eigenvalue weighted by Gasteiger charge is -2.15. The number of hydrogen-bond acceptors (Lipinski definition) is 5. The minimum absolute atomic E-state index is 0.0521. The smallest absolute Gasteiger partial charge is 0.242 e. The fourth-order valence-corrected chi connectivity index (χ4v) is 3.75. The monoisotopic (exact) mass is 381 g/mol. The van der Waals surface area contributed by atoms with Crippen molar-refractivity contribution in [3.05, 3.63) is 64.7 Å². The molecule has 0 aliphatic carbocycles. The molecule has 0 radical (unpaired) electrons. The van der Waals surface area contributed by atoms with Gasteiger partial charge in [-0.1, -0.05) is 47.7 Å². The van der Waals surface area contributed by atoms with Gasteiger partial charge in [0.05, 0.1) is 25.1 Å². The van der Waals surface area contributed by atoms with E-state index in [-0.39, 0.29) is 11.2 Å². The molecular formula is C21H23N3O2S. The number of hydrogen-bond donors (Lipinski definition) is 0. The Hall–Kier alpha value is -2.60. The van der Waals surface area contributed by atoms with Gasteiger partial charge in [0.2, 0.25) is 5.91 Å². The molecule has 1 aliphatic rings. The zero-order valence-corrected chi connectivity index (χ0v) is 16.8. The summed E-state index contributed by atoms with van der Waals surface area (Å²) in [6, 6.07) is 13.9. The van der Waals surface area contributed by atoms with E-state index in [1.54, 1.807) is 18.2 Å². The minimum Gasteiger partial charge on any atom is -0.497 e. The highest BCUT2D eigenvalue weighted by molar-refractivity contribution is 8.15. The van der Waals surface area contributed by atoms with Crippen LogP contribution in [0.1, 0.15) is 29.2 Å². The molecule has 27 heavy (non-hydrogen) atoms. The van der Waals surface area contributed by atoms with Crippen molar-refractivity contribution in [3.63, 3.8) is 0 Å². The third-order valence-electron chi connectivity index (χ3n) is 4.39. The molecule has 0 N–H and O–H groups in total. The van der Waals surface area contributed by atoms with E-state index in [9.17, 15) is 4.79 Å². The molecule has 1 fully saturated rings. The Morgan fingerprint density at radius 1 is 1.19 bits per heavy atom. The minimum atomic E-state index is -0.154. The molecule has 5 nitrogen and oxygen atoms in total. The number of carbonyl (C=O) groups excluding carboxylic acids is 1. The van der Waals surface area contributed by atoms with E-state index >= 15 is 0 Å². The van der Waals surface area contributed by atoms with Gasteiger partial charge in [0.25, 0.3) is 0 Å². The van der Waals surface area contributed by atoms with E-state index in [2.05, 4.69) is 23.2 Å². The van der Waals surface area contributed by atoms with Crippen LogP contribution in [0, 0.1) is 13.8 Å². The number of carbonyl (C=O) groups is 1. The maximum absolute atomic E-state index is 12.5. The quantitative estimate of drug-likeness (QED) is 0.577. The lowest BCUT2D eigenvalue weighted by atomic mass is 10.1. The highest BCUT2D eigenvalue weighted by Gasteiger charge is 2.35. The molecule has 1 atom stereocenters. The van der Waals surface area contributed by atoms with Crippen LogP contribution in [-0.2, 0) is 11.3 Å². The number of amidine groups is 1. The summed E-state index contributed by atoms with van der Waals surface area (Å²) < 4.78 is 5.18. The Balaban J connectivity index is 1.78. The fraction of sp³-hybridized carbons (Fsp3) is 0.286. The fourth-order valence-electron chi connectivity index (χ4n) is 2.83. The van der Waals surface area contributed by atoms with Gasteiger partial charge in [-0.25, -0.2) is 0 Å². The van der Waals surface area contributed by atoms with Crippen LogP contribution in [0.25, 0.3) is 0 Å². The number of aryl methyl sites for hydroxylation is 2. The molecule has 140 valence electrons. The van der Waals surface area contributed by atoms with Crippen molar-refractivity contribution >= 4 is 29.1 Å². The first-order valence-corrected chi connectivity index (χ1v) is 9.65. The van der Waals surface area contributed by atoms with Gasteiger partial charge in [0, 0.05) is 0 Å². The topological polar surface area (TPSA) is 54.3 Å². The summed E-state index contributed by atoms with van der Waals surface area (Å²) in [4.78, 5) is 14.2. The standard InChI is InChI=1S/C21H23N3O2S/c1-14-5-8-18(15(2)11-14)12-22-23-21-24(20(25)16(3)27-21)13-17-6-9-19(26-4)10-7-17/h5-12,16H,13H2,1-4H3/b22-12+,23-21-. The van der Waals surface area contributed by atoms with Gasteiger partial charge >= 0.3 is 0 Å². The zero-order chi connectivity index (χ0) is 19.4. The molecule has 1 saturated heterocycles. The summed E-state index contributed by atoms with van der Waals surface area (Å²) in [6.07, 6.45) is 1.74. The maximum Gasteiger partial charge on any atom is 0.242 e. The largest absolute Gasteiger partial charge is 0.497 e. The van der Waals surface area contributed by atoms with Crippen LogP contribution in [0.2, 0.25) is 0 Å². The molecule has 0 aromatic heterocycles.